The summed E-state index contributed by atoms with van der Waals surface area (Å²) in [5.74, 6) is 0.833. The third kappa shape index (κ3) is 4.26. The van der Waals surface area contributed by atoms with Crippen LogP contribution in [0.4, 0.5) is 0 Å². The smallest absolute Gasteiger partial charge is 0.253 e. The third-order valence-corrected chi connectivity index (χ3v) is 6.89. The van der Waals surface area contributed by atoms with Crippen molar-refractivity contribution in [2.75, 3.05) is 19.6 Å². The highest BCUT2D eigenvalue weighted by Gasteiger charge is 2.39. The number of rotatable bonds is 5. The Kier molecular flexibility index (Phi) is 5.64. The molecule has 1 aliphatic heterocycles. The second-order valence-corrected chi connectivity index (χ2v) is 9.84. The van der Waals surface area contributed by atoms with E-state index in [9.17, 15) is 9.59 Å². The summed E-state index contributed by atoms with van der Waals surface area (Å²) in [6, 6.07) is 9.77. The number of likely N-dealkylation sites (tertiary alicyclic amines) is 1. The highest BCUT2D eigenvalue weighted by atomic mass is 32.1. The SMILES string of the molecule is Cc1nc2ccc(C(=O)N3CCC[C@](C)(C(=O)NCCc4ccc(C)s4)C3)cc2[nH]1. The van der Waals surface area contributed by atoms with Crippen molar-refractivity contribution in [3.63, 3.8) is 0 Å². The third-order valence-electron chi connectivity index (χ3n) is 5.83. The molecule has 1 aromatic carbocycles. The minimum atomic E-state index is -0.562. The minimum Gasteiger partial charge on any atom is -0.355 e. The van der Waals surface area contributed by atoms with Crippen molar-refractivity contribution in [1.82, 2.24) is 20.2 Å². The highest BCUT2D eigenvalue weighted by Crippen LogP contribution is 2.31. The van der Waals surface area contributed by atoms with Gasteiger partial charge in [0.15, 0.2) is 0 Å². The number of hydrogen-bond acceptors (Lipinski definition) is 4. The number of thiophene rings is 1. The Bertz CT molecular complexity index is 1090. The molecule has 0 saturated carbocycles. The maximum atomic E-state index is 13.1. The molecular formula is C23H28N4O2S. The van der Waals surface area contributed by atoms with Gasteiger partial charge in [-0.05, 0) is 70.4 Å². The molecule has 7 heteroatoms. The molecule has 3 heterocycles. The van der Waals surface area contributed by atoms with Gasteiger partial charge in [0.2, 0.25) is 5.91 Å². The average molecular weight is 425 g/mol. The number of amides is 2. The summed E-state index contributed by atoms with van der Waals surface area (Å²) in [5.41, 5.74) is 1.78. The molecule has 2 N–H and O–H groups in total. The van der Waals surface area contributed by atoms with Gasteiger partial charge in [-0.1, -0.05) is 0 Å². The van der Waals surface area contributed by atoms with Gasteiger partial charge in [0, 0.05) is 35.0 Å². The number of aromatic amines is 1. The molecule has 0 bridgehead atoms. The number of nitrogens with one attached hydrogen (secondary N) is 2. The van der Waals surface area contributed by atoms with Gasteiger partial charge in [-0.15, -0.1) is 11.3 Å². The van der Waals surface area contributed by atoms with E-state index >= 15 is 0 Å². The summed E-state index contributed by atoms with van der Waals surface area (Å²) in [5, 5.41) is 3.09. The highest BCUT2D eigenvalue weighted by molar-refractivity contribution is 7.11. The van der Waals surface area contributed by atoms with Crippen LogP contribution in [0.3, 0.4) is 0 Å². The van der Waals surface area contributed by atoms with Gasteiger partial charge >= 0.3 is 0 Å². The van der Waals surface area contributed by atoms with Gasteiger partial charge in [0.1, 0.15) is 5.82 Å². The fraction of sp³-hybridized carbons (Fsp3) is 0.435. The molecule has 30 heavy (non-hydrogen) atoms. The standard InChI is InChI=1S/C23H28N4O2S/c1-15-5-7-18(30-15)9-11-24-22(29)23(3)10-4-12-27(14-23)21(28)17-6-8-19-20(13-17)26-16(2)25-19/h5-8,13H,4,9-12,14H2,1-3H3,(H,24,29)(H,25,26)/t23-/m0/s1. The summed E-state index contributed by atoms with van der Waals surface area (Å²) in [4.78, 5) is 38.0. The fourth-order valence-corrected chi connectivity index (χ4v) is 5.07. The van der Waals surface area contributed by atoms with E-state index in [0.717, 1.165) is 36.1 Å². The number of aryl methyl sites for hydroxylation is 2. The molecule has 1 aliphatic rings. The summed E-state index contributed by atoms with van der Waals surface area (Å²) >= 11 is 1.77. The first kappa shape index (κ1) is 20.6. The molecule has 4 rings (SSSR count). The van der Waals surface area contributed by atoms with Gasteiger partial charge in [-0.2, -0.15) is 0 Å². The predicted octanol–water partition coefficient (Wildman–Crippen LogP) is 3.84. The second kappa shape index (κ2) is 8.22. The molecule has 0 spiro atoms. The Morgan fingerprint density at radius 1 is 1.27 bits per heavy atom. The van der Waals surface area contributed by atoms with E-state index in [4.69, 9.17) is 0 Å². The van der Waals surface area contributed by atoms with E-state index in [1.807, 2.05) is 36.9 Å². The summed E-state index contributed by atoms with van der Waals surface area (Å²) in [7, 11) is 0. The molecule has 3 aromatic rings. The molecular weight excluding hydrogens is 396 g/mol. The zero-order valence-corrected chi connectivity index (χ0v) is 18.6. The van der Waals surface area contributed by atoms with Crippen LogP contribution in [0.2, 0.25) is 0 Å². The largest absolute Gasteiger partial charge is 0.355 e. The van der Waals surface area contributed by atoms with Gasteiger partial charge in [-0.25, -0.2) is 4.98 Å². The van der Waals surface area contributed by atoms with Crippen molar-refractivity contribution in [3.05, 3.63) is 51.5 Å². The van der Waals surface area contributed by atoms with Crippen molar-refractivity contribution in [1.29, 1.82) is 0 Å². The van der Waals surface area contributed by atoms with Crippen LogP contribution in [0.1, 0.15) is 45.7 Å². The van der Waals surface area contributed by atoms with Gasteiger partial charge in [0.25, 0.3) is 5.91 Å². The summed E-state index contributed by atoms with van der Waals surface area (Å²) in [6.07, 6.45) is 2.46. The summed E-state index contributed by atoms with van der Waals surface area (Å²) < 4.78 is 0. The quantitative estimate of drug-likeness (QED) is 0.653. The molecule has 1 atom stereocenters. The van der Waals surface area contributed by atoms with E-state index in [0.29, 0.717) is 25.2 Å². The van der Waals surface area contributed by atoms with Gasteiger partial charge in [0.05, 0.1) is 16.4 Å². The lowest BCUT2D eigenvalue weighted by atomic mass is 9.80. The monoisotopic (exact) mass is 424 g/mol. The van der Waals surface area contributed by atoms with Crippen LogP contribution in [-0.4, -0.2) is 46.3 Å². The molecule has 0 aliphatic carbocycles. The van der Waals surface area contributed by atoms with Crippen molar-refractivity contribution >= 4 is 34.2 Å². The number of hydrogen-bond donors (Lipinski definition) is 2. The van der Waals surface area contributed by atoms with Crippen LogP contribution in [0.25, 0.3) is 11.0 Å². The zero-order valence-electron chi connectivity index (χ0n) is 17.7. The molecule has 0 unspecified atom stereocenters. The van der Waals surface area contributed by atoms with Gasteiger partial charge in [-0.3, -0.25) is 9.59 Å². The van der Waals surface area contributed by atoms with E-state index in [1.165, 1.54) is 9.75 Å². The number of aromatic nitrogens is 2. The van der Waals surface area contributed by atoms with Crippen molar-refractivity contribution in [3.8, 4) is 0 Å². The minimum absolute atomic E-state index is 0.0306. The van der Waals surface area contributed by atoms with Crippen LogP contribution < -0.4 is 5.32 Å². The first-order valence-electron chi connectivity index (χ1n) is 10.4. The normalized spacial score (nSPS) is 19.2. The number of H-pyrrole nitrogens is 1. The molecule has 1 saturated heterocycles. The van der Waals surface area contributed by atoms with Crippen LogP contribution in [0.15, 0.2) is 30.3 Å². The maximum absolute atomic E-state index is 13.1. The second-order valence-electron chi connectivity index (χ2n) is 8.46. The van der Waals surface area contributed by atoms with Crippen LogP contribution in [0.5, 0.6) is 0 Å². The number of carbonyl (C=O) groups excluding carboxylic acids is 2. The number of benzene rings is 1. The van der Waals surface area contributed by atoms with Crippen LogP contribution >= 0.6 is 11.3 Å². The van der Waals surface area contributed by atoms with Crippen molar-refractivity contribution in [2.24, 2.45) is 5.41 Å². The van der Waals surface area contributed by atoms with Crippen LogP contribution in [0, 0.1) is 19.3 Å². The Hall–Kier alpha value is -2.67. The van der Waals surface area contributed by atoms with E-state index in [2.05, 4.69) is 34.3 Å². The number of piperidine rings is 1. The topological polar surface area (TPSA) is 78.1 Å². The number of nitrogens with zero attached hydrogens (tertiary/aromatic N) is 2. The number of imidazole rings is 1. The van der Waals surface area contributed by atoms with E-state index < -0.39 is 5.41 Å². The lowest BCUT2D eigenvalue weighted by Gasteiger charge is -2.39. The van der Waals surface area contributed by atoms with Crippen LogP contribution in [-0.2, 0) is 11.2 Å². The molecule has 6 nitrogen and oxygen atoms in total. The lowest BCUT2D eigenvalue weighted by molar-refractivity contribution is -0.132. The maximum Gasteiger partial charge on any atom is 0.253 e. The van der Waals surface area contributed by atoms with E-state index in [1.54, 1.807) is 11.3 Å². The molecule has 158 valence electrons. The molecule has 1 fully saturated rings. The van der Waals surface area contributed by atoms with Gasteiger partial charge < -0.3 is 15.2 Å². The predicted molar refractivity (Wildman–Crippen MR) is 120 cm³/mol. The lowest BCUT2D eigenvalue weighted by Crippen LogP contribution is -2.52. The zero-order chi connectivity index (χ0) is 21.3. The van der Waals surface area contributed by atoms with E-state index in [-0.39, 0.29) is 11.8 Å². The first-order chi connectivity index (χ1) is 14.3. The Morgan fingerprint density at radius 2 is 2.10 bits per heavy atom. The summed E-state index contributed by atoms with van der Waals surface area (Å²) in [6.45, 7) is 7.70. The average Bonchev–Trinajstić information content (AvgIpc) is 3.30. The number of fused-ring (bicyclic) bond motifs is 1. The Labute approximate surface area is 180 Å². The molecule has 0 radical (unpaired) electrons. The fourth-order valence-electron chi connectivity index (χ4n) is 4.18. The molecule has 2 amide bonds. The molecule has 2 aromatic heterocycles. The van der Waals surface area contributed by atoms with Crippen molar-refractivity contribution < 1.29 is 9.59 Å². The number of carbonyl (C=O) groups is 2. The van der Waals surface area contributed by atoms with Crippen molar-refractivity contribution in [2.45, 2.75) is 40.0 Å². The first-order valence-corrected chi connectivity index (χ1v) is 11.2. The Balaban J connectivity index is 1.40. The Morgan fingerprint density at radius 3 is 2.87 bits per heavy atom.